The summed E-state index contributed by atoms with van der Waals surface area (Å²) in [5, 5.41) is 17.0. The number of hydrogen-bond acceptors (Lipinski definition) is 21. The van der Waals surface area contributed by atoms with Crippen LogP contribution in [0, 0.1) is 6.92 Å². The van der Waals surface area contributed by atoms with Crippen LogP contribution in [0.4, 0.5) is 4.79 Å². The summed E-state index contributed by atoms with van der Waals surface area (Å²) in [6.45, 7) is 2.95. The van der Waals surface area contributed by atoms with E-state index in [0.29, 0.717) is 55.3 Å². The van der Waals surface area contributed by atoms with Crippen LogP contribution in [0.3, 0.4) is 0 Å². The first-order chi connectivity index (χ1) is 36.4. The van der Waals surface area contributed by atoms with E-state index in [-0.39, 0.29) is 44.8 Å². The molecule has 1 aromatic heterocycles. The molecule has 5 heterocycles. The number of hydrogen-bond donors (Lipinski definition) is 7. The van der Waals surface area contributed by atoms with E-state index in [1.165, 1.54) is 10.8 Å². The number of carbonyl (C=O) groups excluding carboxylic acids is 1. The second-order valence-corrected chi connectivity index (χ2v) is 32.8. The SMILES string of the molecule is COc1ccc(C(OC[C@H]2O[C@@H](n3cc(C)c(=O)[nH]c3=O)C[C@H]2O)(c2ccccc2)c2ccc(OCCCNC(=O)NCC[Si]3O[Si]O[Si]4O[Si]5O[Si]O[Si](CCN)O[Si](CCN)(O5)O[Si](CCN)(O3)O4)cc2)cc1. The normalized spacial score (nSPS) is 24.9. The van der Waals surface area contributed by atoms with Crippen LogP contribution >= 0.6 is 0 Å². The second-order valence-electron chi connectivity index (χ2n) is 17.1. The van der Waals surface area contributed by atoms with E-state index >= 15 is 0 Å². The highest BCUT2D eigenvalue weighted by molar-refractivity contribution is 6.87. The molecule has 0 saturated carbocycles. The number of nitrogens with zero attached hydrogens (tertiary/aromatic N) is 1. The third kappa shape index (κ3) is 14.7. The number of fused-ring (bicyclic) bond motifs is 4. The molecule has 2 amide bonds. The minimum atomic E-state index is -3.79. The fourth-order valence-electron chi connectivity index (χ4n) is 8.26. The zero-order chi connectivity index (χ0) is 52.8. The Labute approximate surface area is 447 Å². The third-order valence-corrected chi connectivity index (χ3v) is 31.5. The predicted molar refractivity (Wildman–Crippen MR) is 277 cm³/mol. The van der Waals surface area contributed by atoms with Crippen molar-refractivity contribution in [2.75, 3.05) is 53.0 Å². The third-order valence-electron chi connectivity index (χ3n) is 11.9. The quantitative estimate of drug-likeness (QED) is 0.0298. The molecule has 4 aromatic rings. The smallest absolute Gasteiger partial charge is 0.497 e. The van der Waals surface area contributed by atoms with Gasteiger partial charge in [0, 0.05) is 55.4 Å². The zero-order valence-electron chi connectivity index (χ0n) is 41.1. The summed E-state index contributed by atoms with van der Waals surface area (Å²) in [5.41, 5.74) is 18.4. The summed E-state index contributed by atoms with van der Waals surface area (Å²) in [5.74, 6) is 1.24. The first-order valence-corrected chi connectivity index (χ1v) is 35.0. The molecule has 4 fully saturated rings. The first-order valence-electron chi connectivity index (χ1n) is 24.0. The molecule has 4 saturated heterocycles. The predicted octanol–water partition coefficient (Wildman–Crippen LogP) is -0.446. The number of aliphatic hydroxyl groups excluding tert-OH is 1. The van der Waals surface area contributed by atoms with Crippen molar-refractivity contribution in [3.8, 4) is 11.5 Å². The number of aliphatic hydroxyl groups is 1. The molecule has 4 bridgehead atoms. The summed E-state index contributed by atoms with van der Waals surface area (Å²) in [6.07, 6.45) is -0.603. The Morgan fingerprint density at radius 1 is 0.813 bits per heavy atom. The number of methoxy groups -OCH3 is 1. The highest BCUT2D eigenvalue weighted by atomic mass is 28.6. The number of nitrogens with one attached hydrogen (secondary N) is 3. The number of aromatic amines is 1. The Bertz CT molecular complexity index is 2580. The Hall–Kier alpha value is -3.69. The molecule has 3 unspecified atom stereocenters. The van der Waals surface area contributed by atoms with Gasteiger partial charge in [0.1, 0.15) is 29.4 Å². The molecule has 8 radical (unpaired) electrons. The van der Waals surface area contributed by atoms with Gasteiger partial charge in [-0.25, -0.2) is 9.59 Å². The van der Waals surface area contributed by atoms with Crippen molar-refractivity contribution < 1.29 is 70.0 Å². The van der Waals surface area contributed by atoms with Crippen molar-refractivity contribution >= 4 is 81.3 Å². The van der Waals surface area contributed by atoms with E-state index in [1.807, 2.05) is 78.9 Å². The lowest BCUT2D eigenvalue weighted by Gasteiger charge is -2.45. The lowest BCUT2D eigenvalue weighted by Crippen LogP contribution is -2.70. The van der Waals surface area contributed by atoms with Gasteiger partial charge in [0.15, 0.2) is 0 Å². The van der Waals surface area contributed by atoms with Crippen molar-refractivity contribution in [3.63, 3.8) is 0 Å². The average molecular weight is 1170 g/mol. The number of urea groups is 1. The zero-order valence-corrected chi connectivity index (χ0v) is 49.1. The summed E-state index contributed by atoms with van der Waals surface area (Å²) < 4.78 is 88.6. The number of benzene rings is 3. The van der Waals surface area contributed by atoms with Crippen LogP contribution in [0.1, 0.15) is 41.3 Å². The molecule has 25 nitrogen and oxygen atoms in total. The van der Waals surface area contributed by atoms with E-state index in [0.717, 1.165) is 16.7 Å². The summed E-state index contributed by atoms with van der Waals surface area (Å²) in [7, 11) is -16.0. The summed E-state index contributed by atoms with van der Waals surface area (Å²) in [6, 6.07) is 25.5. The summed E-state index contributed by atoms with van der Waals surface area (Å²) >= 11 is 0. The van der Waals surface area contributed by atoms with Crippen molar-refractivity contribution in [1.82, 2.24) is 20.2 Å². The molecule has 0 aliphatic carbocycles. The van der Waals surface area contributed by atoms with Crippen LogP contribution in [0.5, 0.6) is 11.5 Å². The van der Waals surface area contributed by atoms with Gasteiger partial charge in [-0.05, 0) is 73.9 Å². The molecule has 3 aromatic carbocycles. The van der Waals surface area contributed by atoms with E-state index in [9.17, 15) is 19.5 Å². The van der Waals surface area contributed by atoms with E-state index in [2.05, 4.69) is 15.6 Å². The largest absolute Gasteiger partial charge is 0.551 e. The second kappa shape index (κ2) is 27.3. The molecule has 402 valence electrons. The van der Waals surface area contributed by atoms with Gasteiger partial charge in [0.25, 0.3) is 5.56 Å². The van der Waals surface area contributed by atoms with Crippen molar-refractivity contribution in [2.24, 2.45) is 17.2 Å². The number of aryl methyl sites for hydroxylation is 1. The number of aromatic nitrogens is 2. The number of carbonyl (C=O) groups is 1. The Morgan fingerprint density at radius 3 is 2.03 bits per heavy atom. The number of rotatable bonds is 22. The highest BCUT2D eigenvalue weighted by Gasteiger charge is 2.62. The lowest BCUT2D eigenvalue weighted by atomic mass is 9.80. The van der Waals surface area contributed by atoms with Gasteiger partial charge in [-0.3, -0.25) is 14.3 Å². The van der Waals surface area contributed by atoms with Crippen LogP contribution in [-0.4, -0.2) is 161 Å². The minimum Gasteiger partial charge on any atom is -0.497 e. The number of H-pyrrole nitrogens is 1. The van der Waals surface area contributed by atoms with Gasteiger partial charge in [-0.2, -0.15) is 0 Å². The molecule has 6 atom stereocenters. The van der Waals surface area contributed by atoms with Crippen molar-refractivity contribution in [1.29, 1.82) is 0 Å². The van der Waals surface area contributed by atoms with Gasteiger partial charge in [-0.1, -0.05) is 54.6 Å². The number of amides is 2. The molecule has 75 heavy (non-hydrogen) atoms. The van der Waals surface area contributed by atoms with Crippen molar-refractivity contribution in [2.45, 2.75) is 68.0 Å². The molecule has 8 rings (SSSR count). The topological polar surface area (TPSA) is 324 Å². The van der Waals surface area contributed by atoms with Gasteiger partial charge in [0.2, 0.25) is 0 Å². The maximum absolute atomic E-state index is 13.0. The molecular formula is C42H59N7O18Si8. The molecule has 4 aliphatic rings. The minimum absolute atomic E-state index is 0.0692. The van der Waals surface area contributed by atoms with Crippen LogP contribution in [0.15, 0.2) is 94.6 Å². The fraction of sp³-hybridized carbons (Fsp3) is 0.452. The van der Waals surface area contributed by atoms with E-state index in [4.69, 9.17) is 77.3 Å². The maximum atomic E-state index is 13.0. The molecule has 4 aliphatic heterocycles. The standard InChI is InChI=1S/C42H59N7O18Si8/c1-30-28-49(41(53)48-39(30)51)38-27-36(50)37(57-38)29-56-42(31-7-4-3-5-8-31,32-9-13-34(54-2)14-10-32)33-11-15-35(16-12-33)55-22-6-20-46-40(52)47-21-24-71-59-69-61-73-62-72-60-68-58-70(23-17-43)63-74(65-72,25-18-44)67-75(64-71,66-73)26-19-45/h3-5,7-16,28,36-38,50H,6,17-27,29,43-45H2,1-2H3,(H2,46,47,52)(H,48,51,53)/t36-,37-,38-,42?,74?,75?/m1/s1. The van der Waals surface area contributed by atoms with Crippen LogP contribution in [0.25, 0.3) is 0 Å². The number of ether oxygens (including phenoxy) is 4. The monoisotopic (exact) mass is 1170 g/mol. The van der Waals surface area contributed by atoms with Gasteiger partial charge in [-0.15, -0.1) is 0 Å². The Balaban J connectivity index is 0.865. The Kier molecular flexibility index (Phi) is 20.9. The summed E-state index contributed by atoms with van der Waals surface area (Å²) in [4.78, 5) is 40.1. The maximum Gasteiger partial charge on any atom is 0.551 e. The first kappa shape index (κ1) is 57.5. The lowest BCUT2D eigenvalue weighted by molar-refractivity contribution is -0.0944. The molecule has 10 N–H and O–H groups in total. The average Bonchev–Trinajstić information content (AvgIpc) is 3.76. The highest BCUT2D eigenvalue weighted by Crippen LogP contribution is 2.43. The fourth-order valence-corrected chi connectivity index (χ4v) is 30.8. The molecule has 0 spiro atoms. The van der Waals surface area contributed by atoms with E-state index in [1.54, 1.807) is 14.0 Å². The van der Waals surface area contributed by atoms with Gasteiger partial charge >= 0.3 is 87.0 Å². The molecule has 33 heteroatoms. The molecular weight excluding hydrogens is 1120 g/mol. The van der Waals surface area contributed by atoms with Gasteiger partial charge in [0.05, 0.1) is 26.4 Å². The van der Waals surface area contributed by atoms with Crippen LogP contribution < -0.4 is 48.6 Å². The number of nitrogens with two attached hydrogens (primary N) is 3. The van der Waals surface area contributed by atoms with Crippen molar-refractivity contribution in [3.05, 3.63) is 128 Å². The van der Waals surface area contributed by atoms with Crippen LogP contribution in [-0.2, 0) is 56.2 Å². The Morgan fingerprint density at radius 2 is 1.41 bits per heavy atom. The van der Waals surface area contributed by atoms with Gasteiger partial charge < -0.3 is 93.0 Å². The van der Waals surface area contributed by atoms with E-state index < -0.39 is 117 Å². The van der Waals surface area contributed by atoms with Crippen LogP contribution in [0.2, 0.25) is 24.2 Å².